The monoisotopic (exact) mass is 271 g/mol. The summed E-state index contributed by atoms with van der Waals surface area (Å²) in [5, 5.41) is 9.03. The summed E-state index contributed by atoms with van der Waals surface area (Å²) in [6.45, 7) is 7.21. The van der Waals surface area contributed by atoms with Crippen LogP contribution in [0.15, 0.2) is 23.1 Å². The molecular formula is C13H21NO3S. The van der Waals surface area contributed by atoms with Crippen molar-refractivity contribution in [2.45, 2.75) is 38.6 Å². The summed E-state index contributed by atoms with van der Waals surface area (Å²) >= 11 is 0. The highest BCUT2D eigenvalue weighted by Crippen LogP contribution is 2.17. The largest absolute Gasteiger partial charge is 0.396 e. The predicted molar refractivity (Wildman–Crippen MR) is 71.9 cm³/mol. The third kappa shape index (κ3) is 3.54. The van der Waals surface area contributed by atoms with Crippen LogP contribution in [0.2, 0.25) is 0 Å². The highest BCUT2D eigenvalue weighted by Gasteiger charge is 2.22. The van der Waals surface area contributed by atoms with Crippen molar-refractivity contribution in [3.05, 3.63) is 29.3 Å². The Morgan fingerprint density at radius 3 is 2.39 bits per heavy atom. The van der Waals surface area contributed by atoms with E-state index in [1.165, 1.54) is 0 Å². The number of aliphatic hydroxyl groups is 1. The third-order valence-electron chi connectivity index (χ3n) is 3.10. The lowest BCUT2D eigenvalue weighted by atomic mass is 10.1. The zero-order valence-corrected chi connectivity index (χ0v) is 12.1. The highest BCUT2D eigenvalue weighted by molar-refractivity contribution is 7.89. The SMILES string of the molecule is Cc1ccc(S(=O)(=O)NC(C)C(C)CO)c(C)c1. The lowest BCUT2D eigenvalue weighted by Crippen LogP contribution is -2.38. The molecule has 2 atom stereocenters. The van der Waals surface area contributed by atoms with Crippen LogP contribution in [0, 0.1) is 19.8 Å². The van der Waals surface area contributed by atoms with Gasteiger partial charge in [0, 0.05) is 12.6 Å². The standard InChI is InChI=1S/C13H21NO3S/c1-9-5-6-13(10(2)7-9)18(16,17)14-12(4)11(3)8-15/h5-7,11-12,14-15H,8H2,1-4H3. The first-order valence-corrected chi connectivity index (χ1v) is 7.46. The van der Waals surface area contributed by atoms with Gasteiger partial charge in [-0.1, -0.05) is 24.6 Å². The van der Waals surface area contributed by atoms with Gasteiger partial charge in [0.1, 0.15) is 0 Å². The van der Waals surface area contributed by atoms with Crippen LogP contribution in [-0.2, 0) is 10.0 Å². The van der Waals surface area contributed by atoms with E-state index < -0.39 is 10.0 Å². The molecule has 0 aliphatic heterocycles. The second-order valence-electron chi connectivity index (χ2n) is 4.84. The summed E-state index contributed by atoms with van der Waals surface area (Å²) in [5.41, 5.74) is 1.76. The van der Waals surface area contributed by atoms with Gasteiger partial charge in [-0.15, -0.1) is 0 Å². The van der Waals surface area contributed by atoms with Crippen molar-refractivity contribution in [2.24, 2.45) is 5.92 Å². The van der Waals surface area contributed by atoms with Gasteiger partial charge in [0.2, 0.25) is 10.0 Å². The Balaban J connectivity index is 3.00. The Labute approximate surface area is 109 Å². The number of rotatable bonds is 5. The van der Waals surface area contributed by atoms with Gasteiger partial charge >= 0.3 is 0 Å². The van der Waals surface area contributed by atoms with Crippen LogP contribution in [-0.4, -0.2) is 26.2 Å². The molecule has 5 heteroatoms. The molecule has 18 heavy (non-hydrogen) atoms. The van der Waals surface area contributed by atoms with E-state index in [1.807, 2.05) is 13.0 Å². The molecule has 2 N–H and O–H groups in total. The van der Waals surface area contributed by atoms with Crippen LogP contribution < -0.4 is 4.72 Å². The van der Waals surface area contributed by atoms with Crippen LogP contribution in [0.4, 0.5) is 0 Å². The van der Waals surface area contributed by atoms with Gasteiger partial charge < -0.3 is 5.11 Å². The van der Waals surface area contributed by atoms with Crippen molar-refractivity contribution in [2.75, 3.05) is 6.61 Å². The molecule has 0 saturated heterocycles. The lowest BCUT2D eigenvalue weighted by molar-refractivity contribution is 0.216. The van der Waals surface area contributed by atoms with E-state index in [9.17, 15) is 8.42 Å². The zero-order chi connectivity index (χ0) is 13.9. The third-order valence-corrected chi connectivity index (χ3v) is 4.82. The van der Waals surface area contributed by atoms with Gasteiger partial charge in [0.25, 0.3) is 0 Å². The molecule has 0 amide bonds. The average Bonchev–Trinajstić information content (AvgIpc) is 2.26. The van der Waals surface area contributed by atoms with Crippen molar-refractivity contribution in [1.82, 2.24) is 4.72 Å². The minimum Gasteiger partial charge on any atom is -0.396 e. The maximum absolute atomic E-state index is 12.2. The first-order valence-electron chi connectivity index (χ1n) is 5.98. The minimum atomic E-state index is -3.52. The Morgan fingerprint density at radius 2 is 1.89 bits per heavy atom. The Kier molecular flexibility index (Phi) is 4.90. The van der Waals surface area contributed by atoms with Crippen LogP contribution in [0.25, 0.3) is 0 Å². The van der Waals surface area contributed by atoms with Crippen molar-refractivity contribution in [1.29, 1.82) is 0 Å². The molecule has 0 radical (unpaired) electrons. The molecule has 2 unspecified atom stereocenters. The van der Waals surface area contributed by atoms with E-state index in [0.717, 1.165) is 11.1 Å². The smallest absolute Gasteiger partial charge is 0.241 e. The van der Waals surface area contributed by atoms with Crippen molar-refractivity contribution >= 4 is 10.0 Å². The summed E-state index contributed by atoms with van der Waals surface area (Å²) < 4.78 is 27.0. The van der Waals surface area contributed by atoms with Crippen LogP contribution in [0.1, 0.15) is 25.0 Å². The Hall–Kier alpha value is -0.910. The number of hydrogen-bond donors (Lipinski definition) is 2. The quantitative estimate of drug-likeness (QED) is 0.855. The van der Waals surface area contributed by atoms with E-state index in [2.05, 4.69) is 4.72 Å². The molecule has 0 aromatic heterocycles. The number of nitrogens with one attached hydrogen (secondary N) is 1. The molecular weight excluding hydrogens is 250 g/mol. The van der Waals surface area contributed by atoms with E-state index in [0.29, 0.717) is 4.90 Å². The van der Waals surface area contributed by atoms with Crippen LogP contribution in [0.3, 0.4) is 0 Å². The summed E-state index contributed by atoms with van der Waals surface area (Å²) in [7, 11) is -3.52. The van der Waals surface area contributed by atoms with E-state index >= 15 is 0 Å². The summed E-state index contributed by atoms with van der Waals surface area (Å²) in [4.78, 5) is 0.296. The zero-order valence-electron chi connectivity index (χ0n) is 11.3. The molecule has 1 aromatic rings. The molecule has 4 nitrogen and oxygen atoms in total. The molecule has 0 heterocycles. The molecule has 0 saturated carbocycles. The maximum Gasteiger partial charge on any atom is 0.241 e. The van der Waals surface area contributed by atoms with Gasteiger partial charge in [-0.3, -0.25) is 0 Å². The molecule has 1 rings (SSSR count). The van der Waals surface area contributed by atoms with Gasteiger partial charge in [-0.05, 0) is 38.3 Å². The number of benzene rings is 1. The molecule has 102 valence electrons. The van der Waals surface area contributed by atoms with Gasteiger partial charge in [-0.25, -0.2) is 13.1 Å². The number of sulfonamides is 1. The molecule has 1 aromatic carbocycles. The average molecular weight is 271 g/mol. The van der Waals surface area contributed by atoms with E-state index in [-0.39, 0.29) is 18.6 Å². The maximum atomic E-state index is 12.2. The molecule has 0 bridgehead atoms. The van der Waals surface area contributed by atoms with Crippen LogP contribution in [0.5, 0.6) is 0 Å². The van der Waals surface area contributed by atoms with Gasteiger partial charge in [0.15, 0.2) is 0 Å². The second-order valence-corrected chi connectivity index (χ2v) is 6.52. The minimum absolute atomic E-state index is 0.0451. The first-order chi connectivity index (χ1) is 8.27. The van der Waals surface area contributed by atoms with E-state index in [1.54, 1.807) is 32.9 Å². The van der Waals surface area contributed by atoms with Gasteiger partial charge in [-0.2, -0.15) is 0 Å². The van der Waals surface area contributed by atoms with Gasteiger partial charge in [0.05, 0.1) is 4.90 Å². The Morgan fingerprint density at radius 1 is 1.28 bits per heavy atom. The van der Waals surface area contributed by atoms with Crippen molar-refractivity contribution in [3.63, 3.8) is 0 Å². The fourth-order valence-electron chi connectivity index (χ4n) is 1.68. The molecule has 0 aliphatic rings. The molecule has 0 aliphatic carbocycles. The fraction of sp³-hybridized carbons (Fsp3) is 0.538. The summed E-state index contributed by atoms with van der Waals surface area (Å²) in [5.74, 6) is -0.120. The first kappa shape index (κ1) is 15.1. The predicted octanol–water partition coefficient (Wildman–Crippen LogP) is 1.60. The summed E-state index contributed by atoms with van der Waals surface area (Å²) in [6.07, 6.45) is 0. The molecule has 0 spiro atoms. The van der Waals surface area contributed by atoms with Crippen molar-refractivity contribution in [3.8, 4) is 0 Å². The molecule has 0 fully saturated rings. The number of aliphatic hydroxyl groups excluding tert-OH is 1. The number of hydrogen-bond acceptors (Lipinski definition) is 3. The lowest BCUT2D eigenvalue weighted by Gasteiger charge is -2.20. The van der Waals surface area contributed by atoms with Crippen LogP contribution >= 0.6 is 0 Å². The topological polar surface area (TPSA) is 66.4 Å². The second kappa shape index (κ2) is 5.82. The number of aryl methyl sites for hydroxylation is 2. The summed E-state index contributed by atoms with van der Waals surface area (Å²) in [6, 6.07) is 4.93. The fourth-order valence-corrected chi connectivity index (χ4v) is 3.26. The normalized spacial score (nSPS) is 15.4. The Bertz CT molecular complexity index is 511. The van der Waals surface area contributed by atoms with E-state index in [4.69, 9.17) is 5.11 Å². The van der Waals surface area contributed by atoms with Crippen molar-refractivity contribution < 1.29 is 13.5 Å². The highest BCUT2D eigenvalue weighted by atomic mass is 32.2.